The zero-order valence-electron chi connectivity index (χ0n) is 21.1. The van der Waals surface area contributed by atoms with Crippen LogP contribution in [0.5, 0.6) is 5.75 Å². The number of unbranched alkanes of at least 4 members (excludes halogenated alkanes) is 1. The molecule has 36 heavy (non-hydrogen) atoms. The second kappa shape index (κ2) is 12.6. The number of esters is 1. The maximum absolute atomic E-state index is 13.3. The fraction of sp³-hybridized carbons (Fsp3) is 0.310. The maximum atomic E-state index is 13.3. The van der Waals surface area contributed by atoms with Crippen molar-refractivity contribution in [1.29, 1.82) is 0 Å². The molecule has 6 nitrogen and oxygen atoms in total. The lowest BCUT2D eigenvalue weighted by atomic mass is 10.1. The SMILES string of the molecule is COC(=O)C=CCCCN(C(=O)OC(C)(C)C)c1cc(OCc2ccccc2)c2ccccc2c1Br. The van der Waals surface area contributed by atoms with Gasteiger partial charge in [0.2, 0.25) is 0 Å². The van der Waals surface area contributed by atoms with Crippen molar-refractivity contribution in [3.63, 3.8) is 0 Å². The molecule has 0 atom stereocenters. The standard InChI is InChI=1S/C29H32BrNO5/c1-29(2,3)36-28(33)31(18-12-6-9-17-26(32)34-4)24-19-25(35-20-21-13-7-5-8-14-21)22-15-10-11-16-23(22)27(24)30/h5,7-11,13-17,19H,6,12,18,20H2,1-4H3. The predicted octanol–water partition coefficient (Wildman–Crippen LogP) is 7.43. The highest BCUT2D eigenvalue weighted by atomic mass is 79.9. The molecule has 3 aromatic carbocycles. The summed E-state index contributed by atoms with van der Waals surface area (Å²) >= 11 is 3.73. The maximum Gasteiger partial charge on any atom is 0.414 e. The molecule has 0 fully saturated rings. The Labute approximate surface area is 221 Å². The van der Waals surface area contributed by atoms with E-state index in [2.05, 4.69) is 20.7 Å². The van der Waals surface area contributed by atoms with Crippen LogP contribution in [0.25, 0.3) is 10.8 Å². The van der Waals surface area contributed by atoms with Crippen LogP contribution in [0.2, 0.25) is 0 Å². The van der Waals surface area contributed by atoms with Gasteiger partial charge in [-0.05, 0) is 55.1 Å². The molecule has 0 spiro atoms. The first kappa shape index (κ1) is 27.3. The lowest BCUT2D eigenvalue weighted by Gasteiger charge is -2.29. The lowest BCUT2D eigenvalue weighted by Crippen LogP contribution is -2.37. The number of halogens is 1. The van der Waals surface area contributed by atoms with Crippen LogP contribution in [-0.2, 0) is 20.9 Å². The Morgan fingerprint density at radius 1 is 1.00 bits per heavy atom. The van der Waals surface area contributed by atoms with Crippen molar-refractivity contribution < 1.29 is 23.8 Å². The lowest BCUT2D eigenvalue weighted by molar-refractivity contribution is -0.134. The monoisotopic (exact) mass is 553 g/mol. The Bertz CT molecular complexity index is 1220. The molecule has 0 radical (unpaired) electrons. The molecule has 3 rings (SSSR count). The number of hydrogen-bond acceptors (Lipinski definition) is 5. The topological polar surface area (TPSA) is 65.1 Å². The minimum absolute atomic E-state index is 0.384. The average Bonchev–Trinajstić information content (AvgIpc) is 2.85. The summed E-state index contributed by atoms with van der Waals surface area (Å²) in [6, 6.07) is 19.7. The van der Waals surface area contributed by atoms with Crippen molar-refractivity contribution >= 4 is 44.5 Å². The summed E-state index contributed by atoms with van der Waals surface area (Å²) in [6.45, 7) is 6.30. The third-order valence-electron chi connectivity index (χ3n) is 5.27. The first-order valence-electron chi connectivity index (χ1n) is 11.8. The molecule has 0 bridgehead atoms. The van der Waals surface area contributed by atoms with Crippen LogP contribution >= 0.6 is 15.9 Å². The molecule has 0 aromatic heterocycles. The number of nitrogens with zero attached hydrogens (tertiary/aromatic N) is 1. The summed E-state index contributed by atoms with van der Waals surface area (Å²) in [5, 5.41) is 1.87. The van der Waals surface area contributed by atoms with Gasteiger partial charge in [-0.1, -0.05) is 60.7 Å². The van der Waals surface area contributed by atoms with Crippen LogP contribution in [0.4, 0.5) is 10.5 Å². The number of benzene rings is 3. The van der Waals surface area contributed by atoms with Crippen molar-refractivity contribution in [3.05, 3.63) is 82.9 Å². The molecule has 3 aromatic rings. The quantitative estimate of drug-likeness (QED) is 0.156. The molecule has 0 saturated carbocycles. The first-order chi connectivity index (χ1) is 17.2. The van der Waals surface area contributed by atoms with Crippen molar-refractivity contribution in [2.24, 2.45) is 0 Å². The summed E-state index contributed by atoms with van der Waals surface area (Å²) in [6.07, 6.45) is 3.88. The fourth-order valence-corrected chi connectivity index (χ4v) is 4.26. The number of anilines is 1. The number of ether oxygens (including phenoxy) is 3. The highest BCUT2D eigenvalue weighted by molar-refractivity contribution is 9.10. The summed E-state index contributed by atoms with van der Waals surface area (Å²) in [5.41, 5.74) is 1.05. The van der Waals surface area contributed by atoms with E-state index in [1.165, 1.54) is 13.2 Å². The summed E-state index contributed by atoms with van der Waals surface area (Å²) in [7, 11) is 1.34. The molecule has 0 heterocycles. The second-order valence-corrected chi connectivity index (χ2v) is 10.0. The zero-order valence-corrected chi connectivity index (χ0v) is 22.7. The van der Waals surface area contributed by atoms with E-state index in [1.807, 2.05) is 81.4 Å². The highest BCUT2D eigenvalue weighted by Gasteiger charge is 2.26. The van der Waals surface area contributed by atoms with Crippen LogP contribution in [0.15, 0.2) is 77.3 Å². The van der Waals surface area contributed by atoms with Gasteiger partial charge in [-0.2, -0.15) is 0 Å². The van der Waals surface area contributed by atoms with E-state index in [9.17, 15) is 9.59 Å². The Kier molecular flexibility index (Phi) is 9.53. The number of amides is 1. The summed E-state index contributed by atoms with van der Waals surface area (Å²) in [5.74, 6) is 0.267. The molecule has 0 aliphatic heterocycles. The largest absolute Gasteiger partial charge is 0.488 e. The fourth-order valence-electron chi connectivity index (χ4n) is 3.59. The molecule has 0 N–H and O–H groups in total. The molecule has 1 amide bonds. The molecule has 7 heteroatoms. The van der Waals surface area contributed by atoms with Gasteiger partial charge < -0.3 is 14.2 Å². The molecular weight excluding hydrogens is 522 g/mol. The normalized spacial score (nSPS) is 11.5. The van der Waals surface area contributed by atoms with Gasteiger partial charge in [-0.15, -0.1) is 0 Å². The Morgan fingerprint density at radius 3 is 2.33 bits per heavy atom. The van der Waals surface area contributed by atoms with Gasteiger partial charge in [-0.25, -0.2) is 9.59 Å². The number of allylic oxidation sites excluding steroid dienone is 1. The van der Waals surface area contributed by atoms with Gasteiger partial charge in [0.1, 0.15) is 18.0 Å². The van der Waals surface area contributed by atoms with E-state index in [1.54, 1.807) is 11.0 Å². The van der Waals surface area contributed by atoms with E-state index in [-0.39, 0.29) is 0 Å². The zero-order chi connectivity index (χ0) is 26.1. The number of carbonyl (C=O) groups excluding carboxylic acids is 2. The minimum Gasteiger partial charge on any atom is -0.488 e. The molecule has 0 aliphatic rings. The average molecular weight is 554 g/mol. The van der Waals surface area contributed by atoms with Crippen molar-refractivity contribution in [3.8, 4) is 5.75 Å². The predicted molar refractivity (Wildman–Crippen MR) is 146 cm³/mol. The molecule has 0 saturated heterocycles. The van der Waals surface area contributed by atoms with Gasteiger partial charge in [-0.3, -0.25) is 4.90 Å². The van der Waals surface area contributed by atoms with Crippen LogP contribution in [0.3, 0.4) is 0 Å². The Balaban J connectivity index is 1.96. The highest BCUT2D eigenvalue weighted by Crippen LogP contribution is 2.40. The second-order valence-electron chi connectivity index (χ2n) is 9.23. The van der Waals surface area contributed by atoms with E-state index < -0.39 is 17.7 Å². The van der Waals surface area contributed by atoms with Crippen LogP contribution in [0.1, 0.15) is 39.2 Å². The van der Waals surface area contributed by atoms with Crippen molar-refractivity contribution in [2.45, 2.75) is 45.8 Å². The van der Waals surface area contributed by atoms with Gasteiger partial charge in [0.25, 0.3) is 0 Å². The molecule has 0 unspecified atom stereocenters. The van der Waals surface area contributed by atoms with E-state index >= 15 is 0 Å². The first-order valence-corrected chi connectivity index (χ1v) is 12.6. The van der Waals surface area contributed by atoms with Gasteiger partial charge in [0, 0.05) is 33.9 Å². The number of methoxy groups -OCH3 is 1. The Morgan fingerprint density at radius 2 is 1.67 bits per heavy atom. The Hall–Kier alpha value is -3.32. The summed E-state index contributed by atoms with van der Waals surface area (Å²) in [4.78, 5) is 26.3. The molecular formula is C29H32BrNO5. The van der Waals surface area contributed by atoms with Crippen LogP contribution < -0.4 is 9.64 Å². The minimum atomic E-state index is -0.657. The number of hydrogen-bond donors (Lipinski definition) is 0. The number of rotatable bonds is 9. The van der Waals surface area contributed by atoms with Gasteiger partial charge in [0.15, 0.2) is 0 Å². The third kappa shape index (κ3) is 7.59. The smallest absolute Gasteiger partial charge is 0.414 e. The van der Waals surface area contributed by atoms with Crippen molar-refractivity contribution in [1.82, 2.24) is 0 Å². The number of fused-ring (bicyclic) bond motifs is 1. The summed E-state index contributed by atoms with van der Waals surface area (Å²) < 4.78 is 17.4. The van der Waals surface area contributed by atoms with Gasteiger partial charge in [0.05, 0.1) is 12.8 Å². The van der Waals surface area contributed by atoms with E-state index in [0.717, 1.165) is 20.8 Å². The van der Waals surface area contributed by atoms with E-state index in [0.29, 0.717) is 37.4 Å². The molecule has 0 aliphatic carbocycles. The van der Waals surface area contributed by atoms with Crippen LogP contribution in [0, 0.1) is 0 Å². The number of carbonyl (C=O) groups is 2. The third-order valence-corrected chi connectivity index (χ3v) is 6.10. The molecule has 190 valence electrons. The van der Waals surface area contributed by atoms with E-state index in [4.69, 9.17) is 9.47 Å². The van der Waals surface area contributed by atoms with Gasteiger partial charge >= 0.3 is 12.1 Å². The van der Waals surface area contributed by atoms with Crippen molar-refractivity contribution in [2.75, 3.05) is 18.6 Å². The van der Waals surface area contributed by atoms with Crippen LogP contribution in [-0.4, -0.2) is 31.3 Å².